The number of nitrogens with one attached hydrogen (secondary N) is 2. The van der Waals surface area contributed by atoms with Gasteiger partial charge in [0.25, 0.3) is 0 Å². The molecular weight excluding hydrogens is 322 g/mol. The van der Waals surface area contributed by atoms with Crippen LogP contribution in [0, 0.1) is 0 Å². The fourth-order valence-corrected chi connectivity index (χ4v) is 2.40. The minimum absolute atomic E-state index is 0.186. The lowest BCUT2D eigenvalue weighted by Gasteiger charge is -2.17. The van der Waals surface area contributed by atoms with Crippen LogP contribution in [-0.2, 0) is 13.1 Å². The minimum Gasteiger partial charge on any atom is -0.493 e. The Morgan fingerprint density at radius 2 is 2.12 bits per heavy atom. The van der Waals surface area contributed by atoms with Crippen molar-refractivity contribution in [3.05, 3.63) is 35.9 Å². The highest BCUT2D eigenvalue weighted by atomic mass is 16.5. The molecule has 0 aliphatic rings. The molecule has 0 saturated heterocycles. The number of carbonyl (C=O) groups is 1. The summed E-state index contributed by atoms with van der Waals surface area (Å²) in [4.78, 5) is 12.1. The molecular formula is C17H25N5O3. The lowest BCUT2D eigenvalue weighted by Crippen LogP contribution is -2.37. The van der Waals surface area contributed by atoms with E-state index in [2.05, 4.69) is 20.8 Å². The molecule has 1 aromatic heterocycles. The molecule has 2 rings (SSSR count). The lowest BCUT2D eigenvalue weighted by molar-refractivity contribution is 0.237. The molecule has 2 N–H and O–H groups in total. The molecule has 0 unspecified atom stereocenters. The fraction of sp³-hybridized carbons (Fsp3) is 0.471. The molecule has 2 amide bonds. The van der Waals surface area contributed by atoms with Crippen LogP contribution >= 0.6 is 0 Å². The van der Waals surface area contributed by atoms with Crippen LogP contribution in [0.2, 0.25) is 0 Å². The maximum Gasteiger partial charge on any atom is 0.315 e. The van der Waals surface area contributed by atoms with Crippen molar-refractivity contribution >= 4 is 6.03 Å². The molecule has 0 bridgehead atoms. The summed E-state index contributed by atoms with van der Waals surface area (Å²) < 4.78 is 12.7. The standard InChI is InChI=1S/C17H25N5O3/c1-5-22-11-19-21-16(22)10-18-17(23)20-12(3)13-7-8-14(25-6-2)15(9-13)24-4/h7-9,11-12H,5-6,10H2,1-4H3,(H2,18,20,23)/t12-/m0/s1. The van der Waals surface area contributed by atoms with E-state index in [0.29, 0.717) is 30.5 Å². The Morgan fingerprint density at radius 3 is 2.80 bits per heavy atom. The zero-order valence-corrected chi connectivity index (χ0v) is 15.1. The average Bonchev–Trinajstić information content (AvgIpc) is 3.08. The van der Waals surface area contributed by atoms with Gasteiger partial charge in [-0.15, -0.1) is 10.2 Å². The van der Waals surface area contributed by atoms with Gasteiger partial charge in [0, 0.05) is 6.54 Å². The predicted molar refractivity (Wildman–Crippen MR) is 93.6 cm³/mol. The lowest BCUT2D eigenvalue weighted by atomic mass is 10.1. The second-order valence-electron chi connectivity index (χ2n) is 5.43. The van der Waals surface area contributed by atoms with Crippen LogP contribution in [0.3, 0.4) is 0 Å². The van der Waals surface area contributed by atoms with Crippen molar-refractivity contribution in [2.24, 2.45) is 0 Å². The monoisotopic (exact) mass is 347 g/mol. The van der Waals surface area contributed by atoms with Crippen molar-refractivity contribution in [3.8, 4) is 11.5 Å². The van der Waals surface area contributed by atoms with Gasteiger partial charge >= 0.3 is 6.03 Å². The zero-order chi connectivity index (χ0) is 18.2. The zero-order valence-electron chi connectivity index (χ0n) is 15.1. The van der Waals surface area contributed by atoms with Crippen LogP contribution in [0.15, 0.2) is 24.5 Å². The fourth-order valence-electron chi connectivity index (χ4n) is 2.40. The van der Waals surface area contributed by atoms with E-state index in [0.717, 1.165) is 12.1 Å². The predicted octanol–water partition coefficient (Wildman–Crippen LogP) is 2.27. The number of aryl methyl sites for hydroxylation is 1. The number of hydrogen-bond acceptors (Lipinski definition) is 5. The summed E-state index contributed by atoms with van der Waals surface area (Å²) in [5.41, 5.74) is 0.923. The second-order valence-corrected chi connectivity index (χ2v) is 5.43. The van der Waals surface area contributed by atoms with Crippen molar-refractivity contribution < 1.29 is 14.3 Å². The largest absolute Gasteiger partial charge is 0.493 e. The summed E-state index contributed by atoms with van der Waals surface area (Å²) in [5.74, 6) is 2.04. The van der Waals surface area contributed by atoms with E-state index in [1.165, 1.54) is 0 Å². The van der Waals surface area contributed by atoms with Gasteiger partial charge in [-0.2, -0.15) is 0 Å². The Kier molecular flexibility index (Phi) is 6.62. The molecule has 25 heavy (non-hydrogen) atoms. The van der Waals surface area contributed by atoms with Crippen molar-refractivity contribution in [1.29, 1.82) is 0 Å². The highest BCUT2D eigenvalue weighted by Crippen LogP contribution is 2.30. The van der Waals surface area contributed by atoms with E-state index in [1.807, 2.05) is 43.5 Å². The number of amides is 2. The normalized spacial score (nSPS) is 11.7. The summed E-state index contributed by atoms with van der Waals surface area (Å²) in [6, 6.07) is 5.16. The van der Waals surface area contributed by atoms with Gasteiger partial charge in [-0.3, -0.25) is 0 Å². The molecule has 0 fully saturated rings. The van der Waals surface area contributed by atoms with Gasteiger partial charge in [0.2, 0.25) is 0 Å². The maximum absolute atomic E-state index is 12.1. The topological polar surface area (TPSA) is 90.3 Å². The first kappa shape index (κ1) is 18.6. The third-order valence-electron chi connectivity index (χ3n) is 3.78. The number of urea groups is 1. The summed E-state index contributed by atoms with van der Waals surface area (Å²) in [7, 11) is 1.59. The van der Waals surface area contributed by atoms with Gasteiger partial charge in [0.1, 0.15) is 6.33 Å². The Morgan fingerprint density at radius 1 is 1.32 bits per heavy atom. The molecule has 1 heterocycles. The van der Waals surface area contributed by atoms with Gasteiger partial charge in [-0.05, 0) is 38.5 Å². The van der Waals surface area contributed by atoms with Crippen LogP contribution in [0.25, 0.3) is 0 Å². The van der Waals surface area contributed by atoms with Crippen molar-refractivity contribution in [2.75, 3.05) is 13.7 Å². The third kappa shape index (κ3) is 4.85. The number of hydrogen-bond donors (Lipinski definition) is 2. The van der Waals surface area contributed by atoms with Gasteiger partial charge in [0.05, 0.1) is 26.3 Å². The van der Waals surface area contributed by atoms with Crippen molar-refractivity contribution in [3.63, 3.8) is 0 Å². The van der Waals surface area contributed by atoms with E-state index < -0.39 is 0 Å². The Labute approximate surface area is 147 Å². The maximum atomic E-state index is 12.1. The first-order valence-electron chi connectivity index (χ1n) is 8.30. The highest BCUT2D eigenvalue weighted by Gasteiger charge is 2.13. The molecule has 0 aliphatic heterocycles. The number of ether oxygens (including phenoxy) is 2. The molecule has 136 valence electrons. The molecule has 0 spiro atoms. The highest BCUT2D eigenvalue weighted by molar-refractivity contribution is 5.74. The number of nitrogens with zero attached hydrogens (tertiary/aromatic N) is 3. The van der Waals surface area contributed by atoms with E-state index in [-0.39, 0.29) is 12.1 Å². The Balaban J connectivity index is 1.94. The van der Waals surface area contributed by atoms with Crippen molar-refractivity contribution in [2.45, 2.75) is 39.9 Å². The van der Waals surface area contributed by atoms with E-state index in [1.54, 1.807) is 13.4 Å². The van der Waals surface area contributed by atoms with Crippen molar-refractivity contribution in [1.82, 2.24) is 25.4 Å². The Hall–Kier alpha value is -2.77. The quantitative estimate of drug-likeness (QED) is 0.764. The van der Waals surface area contributed by atoms with E-state index >= 15 is 0 Å². The number of methoxy groups -OCH3 is 1. The van der Waals surface area contributed by atoms with E-state index in [4.69, 9.17) is 9.47 Å². The molecule has 8 nitrogen and oxygen atoms in total. The van der Waals surface area contributed by atoms with E-state index in [9.17, 15) is 4.79 Å². The summed E-state index contributed by atoms with van der Waals surface area (Å²) in [6.45, 7) is 7.46. The molecule has 0 aliphatic carbocycles. The van der Waals surface area contributed by atoms with Crippen LogP contribution in [0.1, 0.15) is 38.2 Å². The number of rotatable bonds is 8. The number of aromatic nitrogens is 3. The summed E-state index contributed by atoms with van der Waals surface area (Å²) in [6.07, 6.45) is 1.64. The molecule has 1 aromatic carbocycles. The average molecular weight is 347 g/mol. The first-order chi connectivity index (χ1) is 12.1. The van der Waals surface area contributed by atoms with Gasteiger partial charge in [-0.1, -0.05) is 6.07 Å². The van der Waals surface area contributed by atoms with Gasteiger partial charge in [0.15, 0.2) is 17.3 Å². The third-order valence-corrected chi connectivity index (χ3v) is 3.78. The van der Waals surface area contributed by atoms with Gasteiger partial charge < -0.3 is 24.7 Å². The van der Waals surface area contributed by atoms with Crippen LogP contribution in [0.5, 0.6) is 11.5 Å². The molecule has 0 radical (unpaired) electrons. The van der Waals surface area contributed by atoms with Crippen LogP contribution in [-0.4, -0.2) is 34.5 Å². The second kappa shape index (κ2) is 8.91. The summed E-state index contributed by atoms with van der Waals surface area (Å²) in [5, 5.41) is 13.5. The van der Waals surface area contributed by atoms with Crippen LogP contribution < -0.4 is 20.1 Å². The smallest absolute Gasteiger partial charge is 0.315 e. The molecule has 2 aromatic rings. The molecule has 0 saturated carbocycles. The number of carbonyl (C=O) groups excluding carboxylic acids is 1. The van der Waals surface area contributed by atoms with Gasteiger partial charge in [-0.25, -0.2) is 4.79 Å². The molecule has 1 atom stereocenters. The molecule has 8 heteroatoms. The minimum atomic E-state index is -0.272. The van der Waals surface area contributed by atoms with Crippen LogP contribution in [0.4, 0.5) is 4.79 Å². The Bertz CT molecular complexity index is 701. The first-order valence-corrected chi connectivity index (χ1v) is 8.30. The summed E-state index contributed by atoms with van der Waals surface area (Å²) >= 11 is 0. The number of benzene rings is 1. The SMILES string of the molecule is CCOc1ccc([C@H](C)NC(=O)NCc2nncn2CC)cc1OC.